The average molecular weight is 288 g/mol. The molecule has 1 aromatic rings. The van der Waals surface area contributed by atoms with Crippen molar-refractivity contribution in [3.63, 3.8) is 0 Å². The highest BCUT2D eigenvalue weighted by Gasteiger charge is 2.02. The van der Waals surface area contributed by atoms with Gasteiger partial charge in [-0.1, -0.05) is 22.9 Å². The molecule has 0 saturated carbocycles. The molecule has 0 N–H and O–H groups in total. The Kier molecular flexibility index (Phi) is 2.99. The van der Waals surface area contributed by atoms with Crippen molar-refractivity contribution in [1.82, 2.24) is 4.98 Å². The first-order valence-corrected chi connectivity index (χ1v) is 4.55. The van der Waals surface area contributed by atoms with E-state index in [1.54, 1.807) is 22.9 Å². The zero-order chi connectivity index (χ0) is 7.56. The second-order valence-corrected chi connectivity index (χ2v) is 3.54. The Morgan fingerprint density at radius 2 is 2.40 bits per heavy atom. The first-order valence-electron chi connectivity index (χ1n) is 2.39. The molecule has 0 aromatic carbocycles. The molecule has 0 aliphatic carbocycles. The molecule has 0 atom stereocenters. The summed E-state index contributed by atoms with van der Waals surface area (Å²) in [6.45, 7) is 1.84. The van der Waals surface area contributed by atoms with E-state index in [1.807, 2.05) is 6.92 Å². The van der Waals surface area contributed by atoms with Crippen molar-refractivity contribution >= 4 is 50.9 Å². The molecule has 0 fully saturated rings. The summed E-state index contributed by atoms with van der Waals surface area (Å²) in [6, 6.07) is 0. The minimum absolute atomic E-state index is 0.608. The number of hydrogen-bond donors (Lipinski definition) is 0. The third-order valence-corrected chi connectivity index (χ3v) is 2.40. The van der Waals surface area contributed by atoms with Crippen LogP contribution in [-0.4, -0.2) is 4.98 Å². The average Bonchev–Trinajstić information content (AvgIpc) is 2.14. The molecular weight excluding hydrogens is 284 g/mol. The normalized spacial score (nSPS) is 11.1. The van der Waals surface area contributed by atoms with E-state index in [4.69, 9.17) is 11.6 Å². The second kappa shape index (κ2) is 3.59. The van der Waals surface area contributed by atoms with E-state index in [9.17, 15) is 0 Å². The summed E-state index contributed by atoms with van der Waals surface area (Å²) in [7, 11) is 0. The van der Waals surface area contributed by atoms with Gasteiger partial charge in [0.1, 0.15) is 27.2 Å². The van der Waals surface area contributed by atoms with Crippen molar-refractivity contribution in [2.45, 2.75) is 6.92 Å². The number of rotatable bonds is 1. The molecular formula is C4H3ClIN3S. The Bertz CT molecular complexity index is 240. The lowest BCUT2D eigenvalue weighted by Gasteiger charge is -1.75. The Hall–Kier alpha value is 0.250. The Balaban J connectivity index is 2.98. The highest BCUT2D eigenvalue weighted by atomic mass is 127. The van der Waals surface area contributed by atoms with Crippen LogP contribution in [0.15, 0.2) is 8.44 Å². The molecule has 0 unspecified atom stereocenters. The van der Waals surface area contributed by atoms with Crippen LogP contribution in [0.2, 0.25) is 4.34 Å². The molecule has 0 radical (unpaired) electrons. The molecule has 10 heavy (non-hydrogen) atoms. The molecule has 0 saturated heterocycles. The summed E-state index contributed by atoms with van der Waals surface area (Å²) >= 11 is 8.84. The maximum atomic E-state index is 5.72. The van der Waals surface area contributed by atoms with Gasteiger partial charge in [-0.15, -0.1) is 8.44 Å². The van der Waals surface area contributed by atoms with Crippen molar-refractivity contribution in [1.29, 1.82) is 0 Å². The van der Waals surface area contributed by atoms with Gasteiger partial charge in [0.2, 0.25) is 5.13 Å². The van der Waals surface area contributed by atoms with Crippen LogP contribution in [0.3, 0.4) is 0 Å². The molecule has 0 bridgehead atoms. The smallest absolute Gasteiger partial charge is 0.221 e. The molecule has 0 aliphatic rings. The summed E-state index contributed by atoms with van der Waals surface area (Å²) in [4.78, 5) is 4.02. The lowest BCUT2D eigenvalue weighted by atomic mass is 10.6. The lowest BCUT2D eigenvalue weighted by Crippen LogP contribution is -1.65. The van der Waals surface area contributed by atoms with Crippen LogP contribution in [-0.2, 0) is 0 Å². The predicted molar refractivity (Wildman–Crippen MR) is 50.4 cm³/mol. The molecule has 54 valence electrons. The van der Waals surface area contributed by atoms with Gasteiger partial charge in [-0.25, -0.2) is 4.98 Å². The fourth-order valence-corrected chi connectivity index (χ4v) is 1.66. The summed E-state index contributed by atoms with van der Waals surface area (Å²) in [5, 5.41) is 4.33. The van der Waals surface area contributed by atoms with Gasteiger partial charge in [-0.3, -0.25) is 0 Å². The number of halogens is 2. The maximum Gasteiger partial charge on any atom is 0.232 e. The van der Waals surface area contributed by atoms with Crippen LogP contribution in [0.1, 0.15) is 5.69 Å². The van der Waals surface area contributed by atoms with E-state index in [-0.39, 0.29) is 0 Å². The van der Waals surface area contributed by atoms with Crippen LogP contribution >= 0.6 is 45.8 Å². The van der Waals surface area contributed by atoms with E-state index in [0.29, 0.717) is 9.47 Å². The third kappa shape index (κ3) is 1.86. The summed E-state index contributed by atoms with van der Waals surface area (Å²) in [6.07, 6.45) is 0. The SMILES string of the molecule is Cc1nc(N=NI)sc1Cl. The largest absolute Gasteiger partial charge is 0.232 e. The maximum absolute atomic E-state index is 5.72. The molecule has 6 heteroatoms. The summed E-state index contributed by atoms with van der Waals surface area (Å²) in [5.41, 5.74) is 0.811. The van der Waals surface area contributed by atoms with Gasteiger partial charge in [0.25, 0.3) is 0 Å². The number of nitrogens with zero attached hydrogens (tertiary/aromatic N) is 3. The highest BCUT2D eigenvalue weighted by molar-refractivity contribution is 14.1. The van der Waals surface area contributed by atoms with Crippen LogP contribution in [0, 0.1) is 6.92 Å². The van der Waals surface area contributed by atoms with Crippen LogP contribution < -0.4 is 0 Å². The zero-order valence-corrected chi connectivity index (χ0v) is 8.74. The molecule has 1 heterocycles. The van der Waals surface area contributed by atoms with Crippen molar-refractivity contribution in [2.24, 2.45) is 8.44 Å². The van der Waals surface area contributed by atoms with Gasteiger partial charge in [-0.05, 0) is 6.92 Å². The second-order valence-electron chi connectivity index (χ2n) is 1.53. The zero-order valence-electron chi connectivity index (χ0n) is 5.01. The quantitative estimate of drug-likeness (QED) is 0.575. The Morgan fingerprint density at radius 1 is 1.70 bits per heavy atom. The monoisotopic (exact) mass is 287 g/mol. The Labute approximate surface area is 81.0 Å². The highest BCUT2D eigenvalue weighted by Crippen LogP contribution is 2.29. The topological polar surface area (TPSA) is 37.6 Å². The number of thiazole rings is 1. The van der Waals surface area contributed by atoms with Crippen molar-refractivity contribution < 1.29 is 0 Å². The minimum Gasteiger partial charge on any atom is -0.221 e. The number of hydrogen-bond acceptors (Lipinski definition) is 4. The van der Waals surface area contributed by atoms with E-state index >= 15 is 0 Å². The van der Waals surface area contributed by atoms with Gasteiger partial charge in [0.15, 0.2) is 0 Å². The third-order valence-electron chi connectivity index (χ3n) is 0.852. The van der Waals surface area contributed by atoms with E-state index < -0.39 is 0 Å². The first-order chi connectivity index (χ1) is 4.74. The fourth-order valence-electron chi connectivity index (χ4n) is 0.439. The van der Waals surface area contributed by atoms with E-state index in [1.165, 1.54) is 11.3 Å². The molecule has 0 spiro atoms. The minimum atomic E-state index is 0.608. The van der Waals surface area contributed by atoms with Crippen LogP contribution in [0.25, 0.3) is 0 Å². The van der Waals surface area contributed by atoms with Gasteiger partial charge >= 0.3 is 0 Å². The predicted octanol–water partition coefficient (Wildman–Crippen LogP) is 3.54. The standard InChI is InChI=1S/C4H3ClIN3S/c1-2-3(5)10-4(7-2)8-9-6/h1H3. The van der Waals surface area contributed by atoms with Crippen LogP contribution in [0.4, 0.5) is 5.13 Å². The van der Waals surface area contributed by atoms with Crippen molar-refractivity contribution in [3.8, 4) is 0 Å². The lowest BCUT2D eigenvalue weighted by molar-refractivity contribution is 1.21. The van der Waals surface area contributed by atoms with Crippen molar-refractivity contribution in [3.05, 3.63) is 10.0 Å². The Morgan fingerprint density at radius 3 is 2.80 bits per heavy atom. The van der Waals surface area contributed by atoms with Crippen molar-refractivity contribution in [2.75, 3.05) is 0 Å². The number of aryl methyl sites for hydroxylation is 1. The summed E-state index contributed by atoms with van der Waals surface area (Å²) in [5.74, 6) is 0. The molecule has 0 amide bonds. The number of aromatic nitrogens is 1. The van der Waals surface area contributed by atoms with Gasteiger partial charge in [0.05, 0.1) is 5.69 Å². The molecule has 0 aliphatic heterocycles. The fraction of sp³-hybridized carbons (Fsp3) is 0.250. The first kappa shape index (κ1) is 8.35. The molecule has 1 aromatic heterocycles. The summed E-state index contributed by atoms with van der Waals surface area (Å²) < 4.78 is 4.22. The van der Waals surface area contributed by atoms with Crippen LogP contribution in [0.5, 0.6) is 0 Å². The van der Waals surface area contributed by atoms with Gasteiger partial charge in [0, 0.05) is 0 Å². The van der Waals surface area contributed by atoms with E-state index in [0.717, 1.165) is 5.69 Å². The van der Waals surface area contributed by atoms with Gasteiger partial charge < -0.3 is 0 Å². The molecule has 3 nitrogen and oxygen atoms in total. The van der Waals surface area contributed by atoms with E-state index in [2.05, 4.69) is 13.4 Å². The van der Waals surface area contributed by atoms with Gasteiger partial charge in [-0.2, -0.15) is 0 Å². The molecule has 1 rings (SSSR count).